The molecule has 0 saturated carbocycles. The minimum atomic E-state index is -0.986. The molecule has 0 aliphatic carbocycles. The van der Waals surface area contributed by atoms with Gasteiger partial charge in [-0.25, -0.2) is 14.8 Å². The first-order valence-corrected chi connectivity index (χ1v) is 11.7. The molecule has 0 fully saturated rings. The van der Waals surface area contributed by atoms with Gasteiger partial charge in [0.15, 0.2) is 0 Å². The molecule has 1 amide bonds. The van der Waals surface area contributed by atoms with Crippen molar-refractivity contribution in [2.24, 2.45) is 0 Å². The molecule has 0 spiro atoms. The van der Waals surface area contributed by atoms with Crippen molar-refractivity contribution in [3.8, 4) is 11.1 Å². The summed E-state index contributed by atoms with van der Waals surface area (Å²) in [5.41, 5.74) is 8.92. The summed E-state index contributed by atoms with van der Waals surface area (Å²) in [6, 6.07) is 9.57. The SMILES string of the molecule is C=CCC(Cn1c(Br)c(-c2cnc3ccccc3c2)c2c(N)ncnc21)N(C(=O)O)C(C)(C)C. The number of rotatable bonds is 6. The van der Waals surface area contributed by atoms with Crippen LogP contribution in [0.3, 0.4) is 0 Å². The molecule has 0 aliphatic rings. The number of pyridine rings is 1. The van der Waals surface area contributed by atoms with Crippen molar-refractivity contribution in [2.75, 3.05) is 5.73 Å². The van der Waals surface area contributed by atoms with Gasteiger partial charge in [-0.3, -0.25) is 9.88 Å². The Balaban J connectivity index is 1.92. The van der Waals surface area contributed by atoms with Crippen LogP contribution < -0.4 is 5.73 Å². The molecular weight excluding hydrogens is 496 g/mol. The number of nitrogens with two attached hydrogens (primary N) is 1. The van der Waals surface area contributed by atoms with E-state index in [2.05, 4.69) is 43.5 Å². The number of amides is 1. The third kappa shape index (κ3) is 4.23. The predicted molar refractivity (Wildman–Crippen MR) is 139 cm³/mol. The molecule has 9 heteroatoms. The molecule has 4 aromatic rings. The van der Waals surface area contributed by atoms with Gasteiger partial charge in [-0.2, -0.15) is 0 Å². The lowest BCUT2D eigenvalue weighted by atomic mass is 10.0. The molecule has 3 heterocycles. The highest BCUT2D eigenvalue weighted by molar-refractivity contribution is 9.10. The van der Waals surface area contributed by atoms with Gasteiger partial charge in [0, 0.05) is 34.8 Å². The normalized spacial score (nSPS) is 12.7. The van der Waals surface area contributed by atoms with Crippen molar-refractivity contribution in [3.63, 3.8) is 0 Å². The van der Waals surface area contributed by atoms with Crippen LogP contribution in [0.25, 0.3) is 33.1 Å². The highest BCUT2D eigenvalue weighted by Crippen LogP contribution is 2.40. The predicted octanol–water partition coefficient (Wildman–Crippen LogP) is 5.71. The Morgan fingerprint density at radius 1 is 1.29 bits per heavy atom. The number of hydrogen-bond acceptors (Lipinski definition) is 5. The van der Waals surface area contributed by atoms with E-state index in [4.69, 9.17) is 5.73 Å². The second-order valence-electron chi connectivity index (χ2n) is 9.15. The molecule has 1 aromatic carbocycles. The van der Waals surface area contributed by atoms with E-state index in [1.807, 2.05) is 49.6 Å². The van der Waals surface area contributed by atoms with E-state index >= 15 is 0 Å². The fourth-order valence-corrected chi connectivity index (χ4v) is 5.20. The van der Waals surface area contributed by atoms with Crippen molar-refractivity contribution in [1.29, 1.82) is 0 Å². The third-order valence-electron chi connectivity index (χ3n) is 5.81. The maximum atomic E-state index is 12.2. The summed E-state index contributed by atoms with van der Waals surface area (Å²) < 4.78 is 2.69. The van der Waals surface area contributed by atoms with Crippen molar-refractivity contribution in [3.05, 3.63) is 60.1 Å². The molecule has 3 N–H and O–H groups in total. The Kier molecular flexibility index (Phi) is 6.31. The average molecular weight is 523 g/mol. The maximum Gasteiger partial charge on any atom is 0.408 e. The zero-order valence-corrected chi connectivity index (χ0v) is 21.0. The molecule has 3 aromatic heterocycles. The molecule has 1 unspecified atom stereocenters. The summed E-state index contributed by atoms with van der Waals surface area (Å²) in [5.74, 6) is 0.346. The first kappa shape index (κ1) is 23.7. The monoisotopic (exact) mass is 522 g/mol. The highest BCUT2D eigenvalue weighted by Gasteiger charge is 2.34. The number of aromatic nitrogens is 4. The Bertz CT molecular complexity index is 1390. The van der Waals surface area contributed by atoms with Crippen molar-refractivity contribution in [2.45, 2.75) is 45.3 Å². The maximum absolute atomic E-state index is 12.2. The fraction of sp³-hybridized carbons (Fsp3) is 0.280. The molecule has 0 bridgehead atoms. The number of hydrogen-bond donors (Lipinski definition) is 2. The van der Waals surface area contributed by atoms with Gasteiger partial charge in [0.05, 0.1) is 21.5 Å². The topological polar surface area (TPSA) is 110 Å². The largest absolute Gasteiger partial charge is 0.465 e. The van der Waals surface area contributed by atoms with Gasteiger partial charge in [0.25, 0.3) is 0 Å². The number of carboxylic acid groups (broad SMARTS) is 1. The van der Waals surface area contributed by atoms with Gasteiger partial charge in [-0.05, 0) is 55.3 Å². The first-order chi connectivity index (χ1) is 16.1. The Labute approximate surface area is 206 Å². The quantitative estimate of drug-likeness (QED) is 0.313. The molecule has 0 radical (unpaired) electrons. The zero-order valence-electron chi connectivity index (χ0n) is 19.4. The highest BCUT2D eigenvalue weighted by atomic mass is 79.9. The van der Waals surface area contributed by atoms with E-state index in [1.165, 1.54) is 11.2 Å². The molecule has 0 aliphatic heterocycles. The van der Waals surface area contributed by atoms with E-state index in [1.54, 1.807) is 12.3 Å². The zero-order chi connectivity index (χ0) is 24.6. The summed E-state index contributed by atoms with van der Waals surface area (Å²) >= 11 is 3.77. The summed E-state index contributed by atoms with van der Waals surface area (Å²) in [6.07, 6.45) is 4.45. The smallest absolute Gasteiger partial charge is 0.408 e. The lowest BCUT2D eigenvalue weighted by Gasteiger charge is -2.39. The van der Waals surface area contributed by atoms with Crippen LogP contribution in [-0.4, -0.2) is 47.2 Å². The molecule has 176 valence electrons. The number of benzene rings is 1. The number of nitrogens with zero attached hydrogens (tertiary/aromatic N) is 5. The van der Waals surface area contributed by atoms with Gasteiger partial charge in [-0.1, -0.05) is 24.3 Å². The summed E-state index contributed by atoms with van der Waals surface area (Å²) in [5, 5.41) is 11.7. The summed E-state index contributed by atoms with van der Waals surface area (Å²) in [7, 11) is 0. The van der Waals surface area contributed by atoms with Crippen LogP contribution in [0.15, 0.2) is 60.1 Å². The van der Waals surface area contributed by atoms with Crippen LogP contribution in [0.4, 0.5) is 10.6 Å². The Morgan fingerprint density at radius 3 is 2.71 bits per heavy atom. The average Bonchev–Trinajstić information content (AvgIpc) is 3.05. The fourth-order valence-electron chi connectivity index (χ4n) is 4.46. The van der Waals surface area contributed by atoms with E-state index < -0.39 is 11.6 Å². The van der Waals surface area contributed by atoms with Gasteiger partial charge in [-0.15, -0.1) is 6.58 Å². The van der Waals surface area contributed by atoms with Gasteiger partial charge < -0.3 is 15.4 Å². The van der Waals surface area contributed by atoms with Crippen molar-refractivity contribution < 1.29 is 9.90 Å². The van der Waals surface area contributed by atoms with Gasteiger partial charge >= 0.3 is 6.09 Å². The standard InChI is InChI=1S/C25H27BrN6O2/c1-5-8-17(32(24(33)34)25(2,3)4)13-31-21(26)19(20-22(27)29-14-30-23(20)31)16-11-15-9-6-7-10-18(15)28-12-16/h5-7,9-12,14,17H,1,8,13H2,2-4H3,(H,33,34)(H2,27,29,30). The minimum Gasteiger partial charge on any atom is -0.465 e. The molecule has 8 nitrogen and oxygen atoms in total. The Morgan fingerprint density at radius 2 is 2.03 bits per heavy atom. The second kappa shape index (κ2) is 9.06. The minimum absolute atomic E-state index is 0.346. The molecule has 4 rings (SSSR count). The first-order valence-electron chi connectivity index (χ1n) is 10.9. The molecule has 34 heavy (non-hydrogen) atoms. The number of carbonyl (C=O) groups is 1. The number of anilines is 1. The van der Waals surface area contributed by atoms with E-state index in [0.29, 0.717) is 29.8 Å². The molecule has 0 saturated heterocycles. The lowest BCUT2D eigenvalue weighted by Crippen LogP contribution is -2.52. The summed E-state index contributed by atoms with van der Waals surface area (Å²) in [6.45, 7) is 9.85. The second-order valence-corrected chi connectivity index (χ2v) is 9.90. The van der Waals surface area contributed by atoms with Crippen molar-refractivity contribution in [1.82, 2.24) is 24.4 Å². The van der Waals surface area contributed by atoms with Crippen LogP contribution in [0.1, 0.15) is 27.2 Å². The number of nitrogen functional groups attached to an aromatic ring is 1. The number of halogens is 1. The number of para-hydroxylation sites is 1. The van der Waals surface area contributed by atoms with Gasteiger partial charge in [0.1, 0.15) is 17.8 Å². The molecular formula is C25H27BrN6O2. The van der Waals surface area contributed by atoms with E-state index in [-0.39, 0.29) is 6.04 Å². The van der Waals surface area contributed by atoms with Crippen LogP contribution >= 0.6 is 15.9 Å². The van der Waals surface area contributed by atoms with Crippen LogP contribution in [0, 0.1) is 0 Å². The lowest BCUT2D eigenvalue weighted by molar-refractivity contribution is 0.0652. The van der Waals surface area contributed by atoms with Crippen LogP contribution in [0.2, 0.25) is 0 Å². The van der Waals surface area contributed by atoms with E-state index in [9.17, 15) is 9.90 Å². The summed E-state index contributed by atoms with van der Waals surface area (Å²) in [4.78, 5) is 27.0. The van der Waals surface area contributed by atoms with E-state index in [0.717, 1.165) is 26.6 Å². The molecule has 1 atom stereocenters. The third-order valence-corrected chi connectivity index (χ3v) is 6.64. The number of fused-ring (bicyclic) bond motifs is 2. The van der Waals surface area contributed by atoms with Crippen LogP contribution in [0.5, 0.6) is 0 Å². The van der Waals surface area contributed by atoms with Gasteiger partial charge in [0.2, 0.25) is 0 Å². The Hall–Kier alpha value is -3.46. The van der Waals surface area contributed by atoms with Crippen LogP contribution in [-0.2, 0) is 6.54 Å². The van der Waals surface area contributed by atoms with Crippen molar-refractivity contribution >= 4 is 49.8 Å².